The third-order valence-corrected chi connectivity index (χ3v) is 3.26. The molecule has 0 saturated heterocycles. The minimum Gasteiger partial charge on any atom is -0.392 e. The van der Waals surface area contributed by atoms with Crippen LogP contribution >= 0.6 is 0 Å². The molecule has 90 valence electrons. The Labute approximate surface area is 99.6 Å². The predicted molar refractivity (Wildman–Crippen MR) is 70.4 cm³/mol. The number of hydrogen-bond donors (Lipinski definition) is 1. The quantitative estimate of drug-likeness (QED) is 0.706. The lowest BCUT2D eigenvalue weighted by molar-refractivity contribution is 0.325. The summed E-state index contributed by atoms with van der Waals surface area (Å²) in [5.74, 6) is 0. The van der Waals surface area contributed by atoms with Crippen molar-refractivity contribution in [1.29, 1.82) is 0 Å². The van der Waals surface area contributed by atoms with Crippen LogP contribution in [0.2, 0.25) is 0 Å². The van der Waals surface area contributed by atoms with Gasteiger partial charge in [0.2, 0.25) is 0 Å². The van der Waals surface area contributed by atoms with Crippen molar-refractivity contribution in [1.82, 2.24) is 0 Å². The Morgan fingerprint density at radius 2 is 2.06 bits per heavy atom. The highest BCUT2D eigenvalue weighted by Crippen LogP contribution is 2.27. The highest BCUT2D eigenvalue weighted by molar-refractivity contribution is 5.23. The van der Waals surface area contributed by atoms with E-state index in [1.54, 1.807) is 11.1 Å². The molecule has 0 bridgehead atoms. The van der Waals surface area contributed by atoms with Crippen molar-refractivity contribution in [2.45, 2.75) is 52.9 Å². The molecule has 0 aromatic carbocycles. The van der Waals surface area contributed by atoms with E-state index >= 15 is 0 Å². The van der Waals surface area contributed by atoms with Crippen LogP contribution in [-0.2, 0) is 0 Å². The molecule has 0 aromatic heterocycles. The van der Waals surface area contributed by atoms with Crippen LogP contribution in [0.1, 0.15) is 52.9 Å². The molecule has 1 heteroatoms. The fourth-order valence-electron chi connectivity index (χ4n) is 2.07. The van der Waals surface area contributed by atoms with Crippen molar-refractivity contribution in [3.05, 3.63) is 34.4 Å². The topological polar surface area (TPSA) is 20.2 Å². The second kappa shape index (κ2) is 6.70. The minimum atomic E-state index is 0.240. The summed E-state index contributed by atoms with van der Waals surface area (Å²) in [6.07, 6.45) is 10.1. The van der Waals surface area contributed by atoms with Gasteiger partial charge in [-0.1, -0.05) is 28.9 Å². The Morgan fingerprint density at radius 3 is 2.56 bits per heavy atom. The van der Waals surface area contributed by atoms with Gasteiger partial charge in [-0.05, 0) is 58.4 Å². The molecule has 0 fully saturated rings. The van der Waals surface area contributed by atoms with E-state index in [0.29, 0.717) is 0 Å². The van der Waals surface area contributed by atoms with Gasteiger partial charge in [0.25, 0.3) is 0 Å². The fraction of sp³-hybridized carbons (Fsp3) is 0.600. The van der Waals surface area contributed by atoms with Gasteiger partial charge in [-0.25, -0.2) is 0 Å². The molecule has 0 aliphatic heterocycles. The van der Waals surface area contributed by atoms with Gasteiger partial charge in [0.15, 0.2) is 0 Å². The van der Waals surface area contributed by atoms with Gasteiger partial charge in [0, 0.05) is 0 Å². The summed E-state index contributed by atoms with van der Waals surface area (Å²) in [6.45, 7) is 6.80. The van der Waals surface area contributed by atoms with E-state index in [2.05, 4.69) is 32.9 Å². The van der Waals surface area contributed by atoms with Crippen molar-refractivity contribution in [3.63, 3.8) is 0 Å². The predicted octanol–water partition coefficient (Wildman–Crippen LogP) is 4.15. The lowest BCUT2D eigenvalue weighted by Crippen LogP contribution is -2.00. The number of allylic oxidation sites excluding steroid dienone is 5. The number of aliphatic hydroxyl groups excluding tert-OH is 1. The molecular formula is C15H24O. The molecule has 1 aliphatic carbocycles. The fourth-order valence-corrected chi connectivity index (χ4v) is 2.07. The van der Waals surface area contributed by atoms with Crippen molar-refractivity contribution in [2.24, 2.45) is 0 Å². The molecule has 0 spiro atoms. The smallest absolute Gasteiger partial charge is 0.0641 e. The first-order valence-corrected chi connectivity index (χ1v) is 6.23. The van der Waals surface area contributed by atoms with Crippen LogP contribution in [0.15, 0.2) is 34.4 Å². The third kappa shape index (κ3) is 4.36. The Hall–Kier alpha value is -0.820. The molecule has 1 aliphatic rings. The van der Waals surface area contributed by atoms with Gasteiger partial charge in [-0.2, -0.15) is 0 Å². The van der Waals surface area contributed by atoms with Crippen LogP contribution in [0.3, 0.4) is 0 Å². The average molecular weight is 220 g/mol. The molecule has 1 rings (SSSR count). The lowest BCUT2D eigenvalue weighted by Gasteiger charge is -2.17. The zero-order chi connectivity index (χ0) is 12.0. The highest BCUT2D eigenvalue weighted by Gasteiger charge is 2.09. The van der Waals surface area contributed by atoms with Crippen LogP contribution in [0.25, 0.3) is 0 Å². The molecule has 0 saturated carbocycles. The van der Waals surface area contributed by atoms with E-state index in [-0.39, 0.29) is 6.61 Å². The molecule has 0 unspecified atom stereocenters. The Bertz CT molecular complexity index is 314. The van der Waals surface area contributed by atoms with E-state index in [1.807, 2.05) is 0 Å². The maximum atomic E-state index is 9.03. The summed E-state index contributed by atoms with van der Waals surface area (Å²) in [7, 11) is 0. The normalized spacial score (nSPS) is 19.1. The minimum absolute atomic E-state index is 0.240. The van der Waals surface area contributed by atoms with Crippen LogP contribution in [0, 0.1) is 0 Å². The first-order valence-electron chi connectivity index (χ1n) is 6.23. The van der Waals surface area contributed by atoms with Gasteiger partial charge in [-0.15, -0.1) is 0 Å². The van der Waals surface area contributed by atoms with E-state index < -0.39 is 0 Å². The zero-order valence-electron chi connectivity index (χ0n) is 10.8. The molecule has 1 N–H and O–H groups in total. The maximum Gasteiger partial charge on any atom is 0.0641 e. The SMILES string of the molecule is CC(C)=CCC/C(C)=C1\CC=C(CO)CC1. The number of rotatable bonds is 4. The van der Waals surface area contributed by atoms with E-state index in [0.717, 1.165) is 25.7 Å². The highest BCUT2D eigenvalue weighted by atomic mass is 16.3. The summed E-state index contributed by atoms with van der Waals surface area (Å²) in [5, 5.41) is 9.03. The van der Waals surface area contributed by atoms with Crippen LogP contribution < -0.4 is 0 Å². The standard InChI is InChI=1S/C15H24O/c1-12(2)5-4-6-13(3)15-9-7-14(11-16)8-10-15/h5,7,16H,4,6,8-11H2,1-3H3/b15-13+. The van der Waals surface area contributed by atoms with Crippen molar-refractivity contribution >= 4 is 0 Å². The molecule has 0 amide bonds. The molecule has 0 radical (unpaired) electrons. The van der Waals surface area contributed by atoms with Gasteiger partial charge in [0.1, 0.15) is 0 Å². The molecule has 0 atom stereocenters. The molecule has 0 heterocycles. The van der Waals surface area contributed by atoms with Gasteiger partial charge < -0.3 is 5.11 Å². The Balaban J connectivity index is 2.49. The second-order valence-electron chi connectivity index (χ2n) is 4.93. The summed E-state index contributed by atoms with van der Waals surface area (Å²) < 4.78 is 0. The Morgan fingerprint density at radius 1 is 1.31 bits per heavy atom. The van der Waals surface area contributed by atoms with E-state index in [9.17, 15) is 0 Å². The van der Waals surface area contributed by atoms with Gasteiger partial charge in [-0.3, -0.25) is 0 Å². The van der Waals surface area contributed by atoms with Gasteiger partial charge in [0.05, 0.1) is 6.61 Å². The van der Waals surface area contributed by atoms with Crippen LogP contribution in [-0.4, -0.2) is 11.7 Å². The van der Waals surface area contributed by atoms with Gasteiger partial charge >= 0.3 is 0 Å². The monoisotopic (exact) mass is 220 g/mol. The van der Waals surface area contributed by atoms with E-state index in [4.69, 9.17) is 5.11 Å². The van der Waals surface area contributed by atoms with Crippen molar-refractivity contribution in [3.8, 4) is 0 Å². The zero-order valence-corrected chi connectivity index (χ0v) is 10.8. The average Bonchev–Trinajstić information content (AvgIpc) is 2.28. The van der Waals surface area contributed by atoms with Crippen LogP contribution in [0.4, 0.5) is 0 Å². The molecule has 16 heavy (non-hydrogen) atoms. The van der Waals surface area contributed by atoms with Crippen molar-refractivity contribution in [2.75, 3.05) is 6.61 Å². The summed E-state index contributed by atoms with van der Waals surface area (Å²) in [5.41, 5.74) is 5.75. The first kappa shape index (κ1) is 13.2. The largest absolute Gasteiger partial charge is 0.392 e. The lowest BCUT2D eigenvalue weighted by atomic mass is 9.90. The number of aliphatic hydroxyl groups is 1. The third-order valence-electron chi connectivity index (χ3n) is 3.26. The first-order chi connectivity index (χ1) is 7.63. The second-order valence-corrected chi connectivity index (χ2v) is 4.93. The molecular weight excluding hydrogens is 196 g/mol. The summed E-state index contributed by atoms with van der Waals surface area (Å²) in [4.78, 5) is 0. The molecule has 0 aromatic rings. The Kier molecular flexibility index (Phi) is 5.54. The van der Waals surface area contributed by atoms with Crippen molar-refractivity contribution < 1.29 is 5.11 Å². The summed E-state index contributed by atoms with van der Waals surface area (Å²) >= 11 is 0. The number of hydrogen-bond acceptors (Lipinski definition) is 1. The molecule has 1 nitrogen and oxygen atoms in total. The van der Waals surface area contributed by atoms with E-state index in [1.165, 1.54) is 17.6 Å². The summed E-state index contributed by atoms with van der Waals surface area (Å²) in [6, 6.07) is 0. The van der Waals surface area contributed by atoms with Crippen LogP contribution in [0.5, 0.6) is 0 Å². The maximum absolute atomic E-state index is 9.03.